The monoisotopic (exact) mass is 651 g/mol. The minimum Gasteiger partial charge on any atom is -0.352 e. The Hall–Kier alpha value is -3.85. The number of halogens is 2. The number of sulfonamides is 1. The molecule has 0 bridgehead atoms. The molecule has 1 N–H and O–H groups in total. The maximum absolute atomic E-state index is 14.5. The van der Waals surface area contributed by atoms with Gasteiger partial charge in [0, 0.05) is 29.1 Å². The first-order chi connectivity index (χ1) is 21.0. The number of anilines is 1. The van der Waals surface area contributed by atoms with E-state index in [1.54, 1.807) is 61.5 Å². The molecule has 0 heterocycles. The summed E-state index contributed by atoms with van der Waals surface area (Å²) in [6.45, 7) is 4.93. The molecule has 4 rings (SSSR count). The van der Waals surface area contributed by atoms with E-state index in [4.69, 9.17) is 23.2 Å². The number of amides is 2. The van der Waals surface area contributed by atoms with E-state index in [-0.39, 0.29) is 35.5 Å². The van der Waals surface area contributed by atoms with Gasteiger partial charge in [0.2, 0.25) is 11.8 Å². The van der Waals surface area contributed by atoms with Crippen LogP contribution in [0.15, 0.2) is 108 Å². The predicted molar refractivity (Wildman–Crippen MR) is 176 cm³/mol. The molecule has 230 valence electrons. The molecule has 0 aliphatic rings. The van der Waals surface area contributed by atoms with Crippen LogP contribution in [0, 0.1) is 6.92 Å². The summed E-state index contributed by atoms with van der Waals surface area (Å²) in [5.74, 6) is -0.902. The third kappa shape index (κ3) is 8.40. The van der Waals surface area contributed by atoms with E-state index in [1.165, 1.54) is 23.1 Å². The van der Waals surface area contributed by atoms with E-state index in [0.29, 0.717) is 15.6 Å². The molecule has 0 saturated carbocycles. The highest BCUT2D eigenvalue weighted by molar-refractivity contribution is 7.92. The van der Waals surface area contributed by atoms with Gasteiger partial charge in [-0.3, -0.25) is 13.9 Å². The SMILES string of the molecule is Cc1ccc(Cl)cc1N(CC(=O)N(Cc1ccc(Cl)cc1)[C@@H](Cc1ccccc1)C(=O)NC(C)C)S(=O)(=O)c1ccccc1. The lowest BCUT2D eigenvalue weighted by Crippen LogP contribution is -2.54. The Bertz CT molecular complexity index is 1680. The van der Waals surface area contributed by atoms with Gasteiger partial charge in [-0.25, -0.2) is 8.42 Å². The van der Waals surface area contributed by atoms with E-state index >= 15 is 0 Å². The van der Waals surface area contributed by atoms with E-state index in [0.717, 1.165) is 15.4 Å². The standard InChI is InChI=1S/C34H35Cl2N3O4S/c1-24(2)37-34(41)32(20-26-10-6-4-7-11-26)38(22-27-15-18-28(35)19-16-27)33(40)23-39(31-21-29(36)17-14-25(31)3)44(42,43)30-12-8-5-9-13-30/h4-19,21,24,32H,20,22-23H2,1-3H3,(H,37,41)/t32-/m0/s1. The van der Waals surface area contributed by atoms with Crippen LogP contribution in [0.4, 0.5) is 5.69 Å². The highest BCUT2D eigenvalue weighted by Gasteiger charge is 2.35. The third-order valence-corrected chi connectivity index (χ3v) is 9.28. The molecule has 4 aromatic rings. The summed E-state index contributed by atoms with van der Waals surface area (Å²) in [6, 6.07) is 28.1. The van der Waals surface area contributed by atoms with Crippen molar-refractivity contribution in [2.24, 2.45) is 0 Å². The summed E-state index contributed by atoms with van der Waals surface area (Å²) in [7, 11) is -4.22. The quantitative estimate of drug-likeness (QED) is 0.186. The summed E-state index contributed by atoms with van der Waals surface area (Å²) in [4.78, 5) is 29.7. The van der Waals surface area contributed by atoms with Crippen LogP contribution in [0.2, 0.25) is 10.0 Å². The number of carbonyl (C=O) groups excluding carboxylic acids is 2. The maximum Gasteiger partial charge on any atom is 0.264 e. The molecule has 0 aliphatic carbocycles. The molecule has 0 fully saturated rings. The second-order valence-electron chi connectivity index (χ2n) is 10.8. The van der Waals surface area contributed by atoms with Crippen molar-refractivity contribution in [1.29, 1.82) is 0 Å². The van der Waals surface area contributed by atoms with E-state index in [2.05, 4.69) is 5.32 Å². The molecule has 0 unspecified atom stereocenters. The number of nitrogens with zero attached hydrogens (tertiary/aromatic N) is 2. The number of rotatable bonds is 12. The zero-order valence-electron chi connectivity index (χ0n) is 24.8. The van der Waals surface area contributed by atoms with Gasteiger partial charge in [0.1, 0.15) is 12.6 Å². The zero-order chi connectivity index (χ0) is 31.9. The van der Waals surface area contributed by atoms with Crippen molar-refractivity contribution in [1.82, 2.24) is 10.2 Å². The fourth-order valence-corrected chi connectivity index (χ4v) is 6.59. The maximum atomic E-state index is 14.5. The molecule has 0 aromatic heterocycles. The third-order valence-electron chi connectivity index (χ3n) is 7.02. The summed E-state index contributed by atoms with van der Waals surface area (Å²) in [5.41, 5.74) is 2.47. The minimum absolute atomic E-state index is 0.0230. The van der Waals surface area contributed by atoms with Gasteiger partial charge in [-0.05, 0) is 73.9 Å². The Morgan fingerprint density at radius 1 is 0.795 bits per heavy atom. The smallest absolute Gasteiger partial charge is 0.264 e. The van der Waals surface area contributed by atoms with Gasteiger partial charge in [0.15, 0.2) is 0 Å². The lowest BCUT2D eigenvalue weighted by molar-refractivity contribution is -0.140. The molecular formula is C34H35Cl2N3O4S. The first-order valence-corrected chi connectivity index (χ1v) is 16.4. The summed E-state index contributed by atoms with van der Waals surface area (Å²) in [6.07, 6.45) is 0.223. The average molecular weight is 653 g/mol. The molecule has 0 saturated heterocycles. The fraction of sp³-hybridized carbons (Fsp3) is 0.235. The highest BCUT2D eigenvalue weighted by atomic mass is 35.5. The number of hydrogen-bond donors (Lipinski definition) is 1. The van der Waals surface area contributed by atoms with E-state index in [9.17, 15) is 18.0 Å². The molecule has 4 aromatic carbocycles. The number of carbonyl (C=O) groups is 2. The molecule has 0 radical (unpaired) electrons. The van der Waals surface area contributed by atoms with Crippen LogP contribution in [-0.4, -0.2) is 43.8 Å². The molecule has 0 aliphatic heterocycles. The van der Waals surface area contributed by atoms with E-state index in [1.807, 2.05) is 44.2 Å². The normalized spacial score (nSPS) is 12.0. The van der Waals surface area contributed by atoms with Crippen molar-refractivity contribution >= 4 is 50.7 Å². The van der Waals surface area contributed by atoms with Crippen LogP contribution in [-0.2, 0) is 32.6 Å². The van der Waals surface area contributed by atoms with Gasteiger partial charge in [0.25, 0.3) is 10.0 Å². The number of aryl methyl sites for hydroxylation is 1. The largest absolute Gasteiger partial charge is 0.352 e. The number of benzene rings is 4. The lowest BCUT2D eigenvalue weighted by atomic mass is 10.0. The Morgan fingerprint density at radius 2 is 1.39 bits per heavy atom. The van der Waals surface area contributed by atoms with Gasteiger partial charge in [-0.2, -0.15) is 0 Å². The number of nitrogens with one attached hydrogen (secondary N) is 1. The Kier molecular flexibility index (Phi) is 11.1. The van der Waals surface area contributed by atoms with Gasteiger partial charge < -0.3 is 10.2 Å². The second-order valence-corrected chi connectivity index (χ2v) is 13.5. The number of hydrogen-bond acceptors (Lipinski definition) is 4. The summed E-state index contributed by atoms with van der Waals surface area (Å²) < 4.78 is 29.3. The molecular weight excluding hydrogens is 617 g/mol. The zero-order valence-corrected chi connectivity index (χ0v) is 27.1. The predicted octanol–water partition coefficient (Wildman–Crippen LogP) is 6.66. The van der Waals surface area contributed by atoms with Crippen LogP contribution >= 0.6 is 23.2 Å². The molecule has 2 amide bonds. The average Bonchev–Trinajstić information content (AvgIpc) is 3.00. The summed E-state index contributed by atoms with van der Waals surface area (Å²) in [5, 5.41) is 3.80. The van der Waals surface area contributed by atoms with Crippen LogP contribution in [0.25, 0.3) is 0 Å². The van der Waals surface area contributed by atoms with Gasteiger partial charge in [0.05, 0.1) is 10.6 Å². The van der Waals surface area contributed by atoms with Crippen LogP contribution in [0.1, 0.15) is 30.5 Å². The van der Waals surface area contributed by atoms with Crippen LogP contribution in [0.3, 0.4) is 0 Å². The molecule has 0 spiro atoms. The van der Waals surface area contributed by atoms with Crippen molar-refractivity contribution in [3.63, 3.8) is 0 Å². The van der Waals surface area contributed by atoms with Crippen molar-refractivity contribution in [2.45, 2.75) is 50.7 Å². The topological polar surface area (TPSA) is 86.8 Å². The Labute approximate surface area is 269 Å². The van der Waals surface area contributed by atoms with Gasteiger partial charge in [-0.15, -0.1) is 0 Å². The molecule has 10 heteroatoms. The van der Waals surface area contributed by atoms with Crippen LogP contribution in [0.5, 0.6) is 0 Å². The first kappa shape index (κ1) is 33.1. The van der Waals surface area contributed by atoms with Crippen LogP contribution < -0.4 is 9.62 Å². The second kappa shape index (κ2) is 14.8. The highest BCUT2D eigenvalue weighted by Crippen LogP contribution is 2.30. The van der Waals surface area contributed by atoms with E-state index < -0.39 is 28.5 Å². The molecule has 1 atom stereocenters. The Balaban J connectivity index is 1.82. The first-order valence-electron chi connectivity index (χ1n) is 14.2. The van der Waals surface area contributed by atoms with Crippen molar-refractivity contribution in [3.05, 3.63) is 130 Å². The van der Waals surface area contributed by atoms with Crippen molar-refractivity contribution in [2.75, 3.05) is 10.8 Å². The fourth-order valence-electron chi connectivity index (χ4n) is 4.81. The van der Waals surface area contributed by atoms with Crippen molar-refractivity contribution < 1.29 is 18.0 Å². The lowest BCUT2D eigenvalue weighted by Gasteiger charge is -2.34. The summed E-state index contributed by atoms with van der Waals surface area (Å²) >= 11 is 12.5. The van der Waals surface area contributed by atoms with Gasteiger partial charge >= 0.3 is 0 Å². The van der Waals surface area contributed by atoms with Gasteiger partial charge in [-0.1, -0.05) is 89.9 Å². The Morgan fingerprint density at radius 3 is 2.00 bits per heavy atom. The molecule has 44 heavy (non-hydrogen) atoms. The minimum atomic E-state index is -4.22. The molecule has 7 nitrogen and oxygen atoms in total. The van der Waals surface area contributed by atoms with Crippen molar-refractivity contribution in [3.8, 4) is 0 Å².